The lowest BCUT2D eigenvalue weighted by molar-refractivity contribution is -0.121. The average molecular weight is 376 g/mol. The number of aromatic nitrogens is 1. The van der Waals surface area contributed by atoms with Gasteiger partial charge in [0.15, 0.2) is 0 Å². The van der Waals surface area contributed by atoms with Gasteiger partial charge in [0.05, 0.1) is 6.54 Å². The molecule has 1 aromatic heterocycles. The van der Waals surface area contributed by atoms with Gasteiger partial charge in [-0.25, -0.2) is 4.79 Å². The largest absolute Gasteiger partial charge is 0.325 e. The van der Waals surface area contributed by atoms with E-state index in [0.717, 1.165) is 25.2 Å². The number of para-hydroxylation sites is 1. The molecule has 1 aliphatic heterocycles. The van der Waals surface area contributed by atoms with Crippen molar-refractivity contribution in [1.29, 1.82) is 0 Å². The van der Waals surface area contributed by atoms with Gasteiger partial charge in [-0.05, 0) is 23.8 Å². The molecule has 26 heavy (non-hydrogen) atoms. The van der Waals surface area contributed by atoms with Gasteiger partial charge in [-0.15, -0.1) is 12.4 Å². The molecule has 2 aromatic rings. The Kier molecular flexibility index (Phi) is 7.53. The topological polar surface area (TPSA) is 86.4 Å². The van der Waals surface area contributed by atoms with Crippen LogP contribution in [0.5, 0.6) is 0 Å². The SMILES string of the molecule is Cl.O=C(CN1CCNCC1c1cccnc1)NC(=O)Nc1ccccc1. The Bertz CT molecular complexity index is 714. The van der Waals surface area contributed by atoms with E-state index in [4.69, 9.17) is 0 Å². The summed E-state index contributed by atoms with van der Waals surface area (Å²) in [5.74, 6) is -0.329. The fraction of sp³-hybridized carbons (Fsp3) is 0.278. The number of halogens is 1. The minimum absolute atomic E-state index is 0. The number of nitrogens with one attached hydrogen (secondary N) is 3. The molecule has 0 saturated carbocycles. The number of anilines is 1. The summed E-state index contributed by atoms with van der Waals surface area (Å²) in [5, 5.41) is 8.35. The molecular formula is C18H22ClN5O2. The van der Waals surface area contributed by atoms with E-state index in [9.17, 15) is 9.59 Å². The summed E-state index contributed by atoms with van der Waals surface area (Å²) >= 11 is 0. The third kappa shape index (κ3) is 5.52. The molecule has 0 radical (unpaired) electrons. The van der Waals surface area contributed by atoms with Gasteiger partial charge in [-0.3, -0.25) is 20.0 Å². The van der Waals surface area contributed by atoms with Gasteiger partial charge in [-0.1, -0.05) is 24.3 Å². The molecule has 1 saturated heterocycles. The van der Waals surface area contributed by atoms with Gasteiger partial charge in [0, 0.05) is 43.8 Å². The summed E-state index contributed by atoms with van der Waals surface area (Å²) in [5.41, 5.74) is 1.69. The molecule has 0 aliphatic carbocycles. The number of amides is 3. The zero-order valence-corrected chi connectivity index (χ0v) is 15.0. The Hall–Kier alpha value is -2.48. The number of carbonyl (C=O) groups is 2. The van der Waals surface area contributed by atoms with Crippen LogP contribution in [0.15, 0.2) is 54.9 Å². The second-order valence-electron chi connectivity index (χ2n) is 5.85. The van der Waals surface area contributed by atoms with Crippen LogP contribution in [0.25, 0.3) is 0 Å². The maximum absolute atomic E-state index is 12.2. The number of nitrogens with zero attached hydrogens (tertiary/aromatic N) is 2. The smallest absolute Gasteiger partial charge is 0.314 e. The summed E-state index contributed by atoms with van der Waals surface area (Å²) < 4.78 is 0. The van der Waals surface area contributed by atoms with Crippen molar-refractivity contribution in [3.05, 3.63) is 60.4 Å². The number of hydrogen-bond donors (Lipinski definition) is 3. The van der Waals surface area contributed by atoms with Crippen LogP contribution < -0.4 is 16.0 Å². The van der Waals surface area contributed by atoms with Crippen LogP contribution in [-0.2, 0) is 4.79 Å². The van der Waals surface area contributed by atoms with Gasteiger partial charge in [-0.2, -0.15) is 0 Å². The minimum Gasteiger partial charge on any atom is -0.314 e. The van der Waals surface area contributed by atoms with Crippen LogP contribution in [0.3, 0.4) is 0 Å². The molecule has 2 heterocycles. The standard InChI is InChI=1S/C18H21N5O2.ClH/c24-17(22-18(25)21-15-6-2-1-3-7-15)13-23-10-9-20-12-16(23)14-5-4-8-19-11-14;/h1-8,11,16,20H,9-10,12-13H2,(H2,21,22,24,25);1H. The van der Waals surface area contributed by atoms with Gasteiger partial charge < -0.3 is 10.6 Å². The second-order valence-corrected chi connectivity index (χ2v) is 5.85. The van der Waals surface area contributed by atoms with E-state index in [1.807, 2.05) is 36.5 Å². The number of pyridine rings is 1. The molecule has 1 fully saturated rings. The van der Waals surface area contributed by atoms with E-state index < -0.39 is 6.03 Å². The average Bonchev–Trinajstić information content (AvgIpc) is 2.63. The molecule has 1 unspecified atom stereocenters. The molecule has 1 aromatic carbocycles. The van der Waals surface area contributed by atoms with Crippen LogP contribution in [-0.4, -0.2) is 48.0 Å². The van der Waals surface area contributed by atoms with E-state index in [1.165, 1.54) is 0 Å². The highest BCUT2D eigenvalue weighted by Gasteiger charge is 2.26. The van der Waals surface area contributed by atoms with Crippen molar-refractivity contribution in [2.75, 3.05) is 31.5 Å². The predicted octanol–water partition coefficient (Wildman–Crippen LogP) is 1.80. The first-order valence-electron chi connectivity index (χ1n) is 8.23. The Labute approximate surface area is 158 Å². The molecule has 0 spiro atoms. The van der Waals surface area contributed by atoms with Crippen molar-refractivity contribution in [2.45, 2.75) is 6.04 Å². The van der Waals surface area contributed by atoms with E-state index in [0.29, 0.717) is 5.69 Å². The number of urea groups is 1. The first kappa shape index (κ1) is 19.8. The molecule has 3 rings (SSSR count). The molecule has 7 nitrogen and oxygen atoms in total. The number of hydrogen-bond acceptors (Lipinski definition) is 5. The molecule has 1 atom stereocenters. The third-order valence-electron chi connectivity index (χ3n) is 4.05. The number of imide groups is 1. The fourth-order valence-electron chi connectivity index (χ4n) is 2.87. The van der Waals surface area contributed by atoms with Crippen LogP contribution in [0.2, 0.25) is 0 Å². The van der Waals surface area contributed by atoms with Gasteiger partial charge >= 0.3 is 6.03 Å². The lowest BCUT2D eigenvalue weighted by Gasteiger charge is -2.35. The number of carbonyl (C=O) groups excluding carboxylic acids is 2. The normalized spacial score (nSPS) is 17.0. The molecule has 138 valence electrons. The Morgan fingerprint density at radius 1 is 1.19 bits per heavy atom. The molecule has 1 aliphatic rings. The van der Waals surface area contributed by atoms with E-state index in [1.54, 1.807) is 18.3 Å². The highest BCUT2D eigenvalue weighted by Crippen LogP contribution is 2.20. The van der Waals surface area contributed by atoms with Gasteiger partial charge in [0.1, 0.15) is 0 Å². The first-order chi connectivity index (χ1) is 12.2. The highest BCUT2D eigenvalue weighted by atomic mass is 35.5. The van der Waals surface area contributed by atoms with Crippen molar-refractivity contribution in [3.63, 3.8) is 0 Å². The van der Waals surface area contributed by atoms with Crippen LogP contribution in [0.1, 0.15) is 11.6 Å². The predicted molar refractivity (Wildman–Crippen MR) is 102 cm³/mol. The number of piperazine rings is 1. The quantitative estimate of drug-likeness (QED) is 0.758. The van der Waals surface area contributed by atoms with Crippen LogP contribution in [0, 0.1) is 0 Å². The maximum Gasteiger partial charge on any atom is 0.325 e. The monoisotopic (exact) mass is 375 g/mol. The summed E-state index contributed by atoms with van der Waals surface area (Å²) in [4.78, 5) is 30.4. The highest BCUT2D eigenvalue weighted by molar-refractivity contribution is 6.01. The lowest BCUT2D eigenvalue weighted by Crippen LogP contribution is -2.50. The van der Waals surface area contributed by atoms with Crippen molar-refractivity contribution >= 4 is 30.0 Å². The number of benzene rings is 1. The van der Waals surface area contributed by atoms with Crippen LogP contribution in [0.4, 0.5) is 10.5 Å². The molecular weight excluding hydrogens is 354 g/mol. The maximum atomic E-state index is 12.2. The van der Waals surface area contributed by atoms with Crippen LogP contribution >= 0.6 is 12.4 Å². The Morgan fingerprint density at radius 2 is 2.00 bits per heavy atom. The van der Waals surface area contributed by atoms with Crippen molar-refractivity contribution < 1.29 is 9.59 Å². The van der Waals surface area contributed by atoms with Gasteiger partial charge in [0.2, 0.25) is 5.91 Å². The minimum atomic E-state index is -0.524. The summed E-state index contributed by atoms with van der Waals surface area (Å²) in [6.45, 7) is 2.44. The lowest BCUT2D eigenvalue weighted by atomic mass is 10.1. The van der Waals surface area contributed by atoms with Crippen molar-refractivity contribution in [2.24, 2.45) is 0 Å². The molecule has 8 heteroatoms. The Morgan fingerprint density at radius 3 is 2.73 bits per heavy atom. The number of rotatable bonds is 4. The molecule has 3 amide bonds. The van der Waals surface area contributed by atoms with Crippen molar-refractivity contribution in [1.82, 2.24) is 20.5 Å². The summed E-state index contributed by atoms with van der Waals surface area (Å²) in [6, 6.07) is 12.4. The second kappa shape index (κ2) is 9.86. The first-order valence-corrected chi connectivity index (χ1v) is 8.23. The summed E-state index contributed by atoms with van der Waals surface area (Å²) in [7, 11) is 0. The molecule has 0 bridgehead atoms. The van der Waals surface area contributed by atoms with E-state index >= 15 is 0 Å². The molecule has 3 N–H and O–H groups in total. The summed E-state index contributed by atoms with van der Waals surface area (Å²) in [6.07, 6.45) is 3.54. The van der Waals surface area contributed by atoms with E-state index in [-0.39, 0.29) is 30.9 Å². The zero-order valence-electron chi connectivity index (χ0n) is 14.2. The third-order valence-corrected chi connectivity index (χ3v) is 4.05. The van der Waals surface area contributed by atoms with Gasteiger partial charge in [0.25, 0.3) is 0 Å². The Balaban J connectivity index is 0.00000243. The van der Waals surface area contributed by atoms with Crippen molar-refractivity contribution in [3.8, 4) is 0 Å². The zero-order chi connectivity index (χ0) is 17.5. The fourth-order valence-corrected chi connectivity index (χ4v) is 2.87. The van der Waals surface area contributed by atoms with E-state index in [2.05, 4.69) is 25.8 Å².